The molecule has 1 heterocycles. The highest BCUT2D eigenvalue weighted by Gasteiger charge is 2.15. The van der Waals surface area contributed by atoms with E-state index in [0.29, 0.717) is 0 Å². The van der Waals surface area contributed by atoms with E-state index in [0.717, 1.165) is 62.5 Å². The van der Waals surface area contributed by atoms with Gasteiger partial charge in [0.25, 0.3) is 0 Å². The lowest BCUT2D eigenvalue weighted by Crippen LogP contribution is -1.98. The Hall–Kier alpha value is -4.12. The van der Waals surface area contributed by atoms with Crippen molar-refractivity contribution in [3.63, 3.8) is 0 Å². The zero-order chi connectivity index (χ0) is 21.8. The summed E-state index contributed by atoms with van der Waals surface area (Å²) in [7, 11) is 0. The number of carbonyl (C=O) groups is 1. The Bertz CT molecular complexity index is 1300. The molecule has 154 valence electrons. The molecule has 4 rings (SSSR count). The molecule has 31 heavy (non-hydrogen) atoms. The van der Waals surface area contributed by atoms with Gasteiger partial charge in [0.1, 0.15) is 0 Å². The Balaban J connectivity index is 1.92. The summed E-state index contributed by atoms with van der Waals surface area (Å²) < 4.78 is 0. The van der Waals surface area contributed by atoms with Crippen molar-refractivity contribution < 1.29 is 9.90 Å². The van der Waals surface area contributed by atoms with Gasteiger partial charge in [-0.1, -0.05) is 55.5 Å². The largest absolute Gasteiger partial charge is 0.478 e. The number of nitrogens with zero attached hydrogens (tertiary/aromatic N) is 1. The molecule has 0 unspecified atom stereocenters. The van der Waals surface area contributed by atoms with Crippen LogP contribution in [0.2, 0.25) is 0 Å². The fourth-order valence-corrected chi connectivity index (χ4v) is 3.82. The maximum Gasteiger partial charge on any atom is 0.328 e. The lowest BCUT2D eigenvalue weighted by atomic mass is 9.87. The molecule has 0 aliphatic heterocycles. The van der Waals surface area contributed by atoms with Gasteiger partial charge in [0.15, 0.2) is 0 Å². The second kappa shape index (κ2) is 8.71. The number of fused-ring (bicyclic) bond motifs is 1. The fourth-order valence-electron chi connectivity index (χ4n) is 3.82. The van der Waals surface area contributed by atoms with Gasteiger partial charge in [-0.05, 0) is 58.5 Å². The molecule has 0 saturated carbocycles. The number of carboxylic acids is 1. The molecule has 0 spiro atoms. The molecular formula is C26H23N3O2. The molecule has 0 atom stereocenters. The van der Waals surface area contributed by atoms with Crippen LogP contribution in [0.4, 0.5) is 5.69 Å². The molecule has 0 bridgehead atoms. The zero-order valence-electron chi connectivity index (χ0n) is 17.2. The predicted octanol–water partition coefficient (Wildman–Crippen LogP) is 5.61. The number of aromatic amines is 1. The van der Waals surface area contributed by atoms with Crippen molar-refractivity contribution in [3.05, 3.63) is 101 Å². The van der Waals surface area contributed by atoms with Gasteiger partial charge in [0, 0.05) is 22.7 Å². The number of benzene rings is 3. The molecule has 0 saturated heterocycles. The quantitative estimate of drug-likeness (QED) is 0.219. The topological polar surface area (TPSA) is 92.0 Å². The first-order valence-corrected chi connectivity index (χ1v) is 10.1. The smallest absolute Gasteiger partial charge is 0.328 e. The number of hydrogen-bond acceptors (Lipinski definition) is 3. The number of H-pyrrole nitrogens is 1. The summed E-state index contributed by atoms with van der Waals surface area (Å²) in [6.07, 6.45) is 5.34. The van der Waals surface area contributed by atoms with E-state index in [2.05, 4.69) is 35.3 Å². The Morgan fingerprint density at radius 2 is 1.81 bits per heavy atom. The van der Waals surface area contributed by atoms with Crippen LogP contribution in [0.1, 0.15) is 35.6 Å². The standard InChI is InChI=1S/C26H23N3O2/c1-2-21(22-5-3-4-6-23(22)27)26(19-12-13-24-20(15-19)16-28-29-24)18-10-7-17(8-11-18)9-14-25(30)31/h3-16H,2,27H2,1H3,(H,28,29)(H,30,31)/b14-9+,26-21+. The van der Waals surface area contributed by atoms with Gasteiger partial charge in [-0.25, -0.2) is 4.79 Å². The zero-order valence-corrected chi connectivity index (χ0v) is 17.2. The van der Waals surface area contributed by atoms with Crippen LogP contribution in [0.3, 0.4) is 0 Å². The summed E-state index contributed by atoms with van der Waals surface area (Å²) in [5.41, 5.74) is 14.3. The maximum absolute atomic E-state index is 10.8. The van der Waals surface area contributed by atoms with E-state index in [1.54, 1.807) is 6.08 Å². The van der Waals surface area contributed by atoms with Crippen LogP contribution in [0.5, 0.6) is 0 Å². The molecule has 4 N–H and O–H groups in total. The maximum atomic E-state index is 10.8. The van der Waals surface area contributed by atoms with Crippen molar-refractivity contribution in [2.75, 3.05) is 5.73 Å². The van der Waals surface area contributed by atoms with Crippen molar-refractivity contribution >= 4 is 39.8 Å². The monoisotopic (exact) mass is 409 g/mol. The van der Waals surface area contributed by atoms with Crippen molar-refractivity contribution in [2.24, 2.45) is 0 Å². The molecule has 1 aromatic heterocycles. The molecule has 0 fully saturated rings. The number of rotatable bonds is 6. The number of aliphatic carboxylic acids is 1. The Morgan fingerprint density at radius 1 is 1.06 bits per heavy atom. The second-order valence-corrected chi connectivity index (χ2v) is 7.26. The van der Waals surface area contributed by atoms with Crippen LogP contribution in [0.25, 0.3) is 28.1 Å². The summed E-state index contributed by atoms with van der Waals surface area (Å²) in [5.74, 6) is -0.967. The van der Waals surface area contributed by atoms with Gasteiger partial charge < -0.3 is 10.8 Å². The van der Waals surface area contributed by atoms with Crippen LogP contribution in [-0.2, 0) is 4.79 Å². The van der Waals surface area contributed by atoms with Crippen molar-refractivity contribution in [2.45, 2.75) is 13.3 Å². The normalized spacial score (nSPS) is 12.3. The van der Waals surface area contributed by atoms with Crippen LogP contribution in [0.15, 0.2) is 79.0 Å². The van der Waals surface area contributed by atoms with E-state index in [1.165, 1.54) is 0 Å². The minimum absolute atomic E-state index is 0.738. The SMILES string of the molecule is CC/C(=C(/c1ccc(/C=C/C(=O)O)cc1)c1ccc2[nH]ncc2c1)c1ccccc1N. The van der Waals surface area contributed by atoms with Crippen LogP contribution in [-0.4, -0.2) is 21.3 Å². The molecule has 0 aliphatic rings. The number of anilines is 1. The van der Waals surface area contributed by atoms with E-state index in [4.69, 9.17) is 10.8 Å². The third-order valence-corrected chi connectivity index (χ3v) is 5.29. The van der Waals surface area contributed by atoms with Gasteiger partial charge in [-0.2, -0.15) is 5.10 Å². The van der Waals surface area contributed by atoms with E-state index in [-0.39, 0.29) is 0 Å². The first kappa shape index (κ1) is 20.2. The highest BCUT2D eigenvalue weighted by molar-refractivity contribution is 6.02. The number of carboxylic acid groups (broad SMARTS) is 1. The van der Waals surface area contributed by atoms with E-state index < -0.39 is 5.97 Å². The number of nitrogen functional groups attached to an aromatic ring is 1. The Morgan fingerprint density at radius 3 is 2.52 bits per heavy atom. The second-order valence-electron chi connectivity index (χ2n) is 7.26. The third-order valence-electron chi connectivity index (χ3n) is 5.29. The van der Waals surface area contributed by atoms with Gasteiger partial charge in [0.05, 0.1) is 11.7 Å². The van der Waals surface area contributed by atoms with Gasteiger partial charge in [-0.15, -0.1) is 0 Å². The number of aromatic nitrogens is 2. The molecule has 4 aromatic rings. The average Bonchev–Trinajstić information content (AvgIpc) is 3.25. The van der Waals surface area contributed by atoms with Crippen molar-refractivity contribution in [3.8, 4) is 0 Å². The first-order chi connectivity index (χ1) is 15.1. The lowest BCUT2D eigenvalue weighted by molar-refractivity contribution is -0.131. The average molecular weight is 409 g/mol. The number of hydrogen-bond donors (Lipinski definition) is 3. The van der Waals surface area contributed by atoms with Crippen molar-refractivity contribution in [1.82, 2.24) is 10.2 Å². The molecule has 0 radical (unpaired) electrons. The van der Waals surface area contributed by atoms with Gasteiger partial charge in [-0.3, -0.25) is 5.10 Å². The first-order valence-electron chi connectivity index (χ1n) is 10.1. The Kier molecular flexibility index (Phi) is 5.67. The van der Waals surface area contributed by atoms with Crippen LogP contribution >= 0.6 is 0 Å². The van der Waals surface area contributed by atoms with E-state index >= 15 is 0 Å². The van der Waals surface area contributed by atoms with Crippen LogP contribution < -0.4 is 5.73 Å². The highest BCUT2D eigenvalue weighted by atomic mass is 16.4. The van der Waals surface area contributed by atoms with Gasteiger partial charge >= 0.3 is 5.97 Å². The lowest BCUT2D eigenvalue weighted by Gasteiger charge is -2.18. The third kappa shape index (κ3) is 4.26. The summed E-state index contributed by atoms with van der Waals surface area (Å²) in [5, 5.41) is 17.1. The number of nitrogens with one attached hydrogen (secondary N) is 1. The molecule has 5 heteroatoms. The number of allylic oxidation sites excluding steroid dienone is 1. The molecule has 0 amide bonds. The van der Waals surface area contributed by atoms with E-state index in [1.807, 2.05) is 54.7 Å². The number of para-hydroxylation sites is 1. The minimum Gasteiger partial charge on any atom is -0.478 e. The summed E-state index contributed by atoms with van der Waals surface area (Å²) in [4.78, 5) is 10.8. The summed E-state index contributed by atoms with van der Waals surface area (Å²) in [6, 6.07) is 22.0. The fraction of sp³-hybridized carbons (Fsp3) is 0.0769. The summed E-state index contributed by atoms with van der Waals surface area (Å²) >= 11 is 0. The molecular weight excluding hydrogens is 386 g/mol. The predicted molar refractivity (Wildman–Crippen MR) is 126 cm³/mol. The van der Waals surface area contributed by atoms with E-state index in [9.17, 15) is 4.79 Å². The minimum atomic E-state index is -0.967. The molecule has 3 aromatic carbocycles. The highest BCUT2D eigenvalue weighted by Crippen LogP contribution is 2.37. The number of nitrogens with two attached hydrogens (primary N) is 1. The molecule has 0 aliphatic carbocycles. The summed E-state index contributed by atoms with van der Waals surface area (Å²) in [6.45, 7) is 2.13. The Labute approximate surface area is 180 Å². The molecule has 5 nitrogen and oxygen atoms in total. The van der Waals surface area contributed by atoms with Crippen molar-refractivity contribution in [1.29, 1.82) is 0 Å². The van der Waals surface area contributed by atoms with Crippen LogP contribution in [0, 0.1) is 0 Å². The van der Waals surface area contributed by atoms with Gasteiger partial charge in [0.2, 0.25) is 0 Å².